The molecule has 53 heavy (non-hydrogen) atoms. The van der Waals surface area contributed by atoms with Crippen LogP contribution in [-0.2, 0) is 6.54 Å². The van der Waals surface area contributed by atoms with Crippen molar-refractivity contribution in [3.63, 3.8) is 0 Å². The van der Waals surface area contributed by atoms with Gasteiger partial charge in [0.25, 0.3) is 0 Å². The van der Waals surface area contributed by atoms with Gasteiger partial charge in [0.15, 0.2) is 5.82 Å². The smallest absolute Gasteiger partial charge is 0.160 e. The van der Waals surface area contributed by atoms with Crippen LogP contribution in [0, 0.1) is 0 Å². The third-order valence-electron chi connectivity index (χ3n) is 9.80. The second-order valence-electron chi connectivity index (χ2n) is 13.1. The second-order valence-corrected chi connectivity index (χ2v) is 13.1. The van der Waals surface area contributed by atoms with Crippen LogP contribution in [0.2, 0.25) is 0 Å². The molecule has 4 nitrogen and oxygen atoms in total. The summed E-state index contributed by atoms with van der Waals surface area (Å²) < 4.78 is 0. The maximum atomic E-state index is 5.26. The van der Waals surface area contributed by atoms with Crippen LogP contribution in [0.25, 0.3) is 66.2 Å². The van der Waals surface area contributed by atoms with Crippen LogP contribution in [0.15, 0.2) is 192 Å². The molecular formula is C49H34N4. The third-order valence-corrected chi connectivity index (χ3v) is 9.80. The highest BCUT2D eigenvalue weighted by atomic mass is 14.9. The fourth-order valence-electron chi connectivity index (χ4n) is 7.19. The summed E-state index contributed by atoms with van der Waals surface area (Å²) in [5, 5.41) is 5.45. The molecule has 0 spiro atoms. The standard InChI is InChI=1S/C49H34N4/c1-50-47-41-24-10-8-16-34(41)26-28-43(47)45(51-32-33-14-4-2-5-15-33)39-22-12-20-37(30-39)38-21-13-23-40(31-38)46-44-29-27-35-17-9-11-25-42(35)48(44)53-49(52-46)36-18-6-3-7-19-36/h2-31H,1,32H2/b51-45-. The summed E-state index contributed by atoms with van der Waals surface area (Å²) in [4.78, 5) is 20.2. The second kappa shape index (κ2) is 13.9. The molecule has 9 aromatic rings. The van der Waals surface area contributed by atoms with Gasteiger partial charge in [0.05, 0.1) is 29.2 Å². The SMILES string of the molecule is C=Nc1c(/C(=N\Cc2ccccc2)c2cccc(-c3cccc(-c4nc(-c5ccccc5)nc5c4ccc4ccccc45)c3)c2)ccc2ccccc12. The Bertz CT molecular complexity index is 2820. The van der Waals surface area contributed by atoms with Crippen molar-refractivity contribution >= 4 is 50.6 Å². The molecule has 0 aliphatic heterocycles. The Morgan fingerprint density at radius 3 is 1.91 bits per heavy atom. The molecule has 1 heterocycles. The number of rotatable bonds is 8. The molecule has 0 saturated heterocycles. The van der Waals surface area contributed by atoms with Crippen molar-refractivity contribution < 1.29 is 0 Å². The minimum atomic E-state index is 0.540. The van der Waals surface area contributed by atoms with Gasteiger partial charge in [-0.1, -0.05) is 158 Å². The number of hydrogen-bond acceptors (Lipinski definition) is 4. The molecule has 0 N–H and O–H groups in total. The summed E-state index contributed by atoms with van der Waals surface area (Å²) in [6.45, 7) is 4.53. The molecule has 0 aliphatic carbocycles. The van der Waals surface area contributed by atoms with E-state index in [1.807, 2.05) is 36.4 Å². The van der Waals surface area contributed by atoms with E-state index in [9.17, 15) is 0 Å². The summed E-state index contributed by atoms with van der Waals surface area (Å²) in [7, 11) is 0. The van der Waals surface area contributed by atoms with E-state index in [1.54, 1.807) is 0 Å². The molecule has 8 aromatic carbocycles. The van der Waals surface area contributed by atoms with Crippen LogP contribution in [0.1, 0.15) is 16.7 Å². The Labute approximate surface area is 308 Å². The van der Waals surface area contributed by atoms with Crippen LogP contribution in [0.4, 0.5) is 5.69 Å². The van der Waals surface area contributed by atoms with E-state index in [-0.39, 0.29) is 0 Å². The van der Waals surface area contributed by atoms with E-state index in [0.717, 1.165) is 88.5 Å². The predicted octanol–water partition coefficient (Wildman–Crippen LogP) is 12.3. The first-order valence-corrected chi connectivity index (χ1v) is 17.8. The van der Waals surface area contributed by atoms with Crippen LogP contribution in [0.3, 0.4) is 0 Å². The number of benzene rings is 8. The van der Waals surface area contributed by atoms with Gasteiger partial charge in [-0.15, -0.1) is 0 Å². The molecule has 0 bridgehead atoms. The summed E-state index contributed by atoms with van der Waals surface area (Å²) in [5.41, 5.74) is 10.8. The molecule has 0 aliphatic rings. The van der Waals surface area contributed by atoms with E-state index in [4.69, 9.17) is 15.0 Å². The van der Waals surface area contributed by atoms with Crippen molar-refractivity contribution in [2.75, 3.05) is 0 Å². The van der Waals surface area contributed by atoms with E-state index in [1.165, 1.54) is 0 Å². The van der Waals surface area contributed by atoms with Gasteiger partial charge < -0.3 is 0 Å². The molecule has 0 saturated carbocycles. The van der Waals surface area contributed by atoms with Gasteiger partial charge in [0.2, 0.25) is 0 Å². The predicted molar refractivity (Wildman–Crippen MR) is 222 cm³/mol. The van der Waals surface area contributed by atoms with E-state index >= 15 is 0 Å². The highest BCUT2D eigenvalue weighted by molar-refractivity contribution is 6.19. The van der Waals surface area contributed by atoms with Crippen LogP contribution in [0.5, 0.6) is 0 Å². The number of hydrogen-bond donors (Lipinski definition) is 0. The lowest BCUT2D eigenvalue weighted by Gasteiger charge is -2.15. The quantitative estimate of drug-likeness (QED) is 0.119. The van der Waals surface area contributed by atoms with Gasteiger partial charge in [-0.05, 0) is 58.4 Å². The van der Waals surface area contributed by atoms with Gasteiger partial charge >= 0.3 is 0 Å². The fourth-order valence-corrected chi connectivity index (χ4v) is 7.19. The monoisotopic (exact) mass is 678 g/mol. The normalized spacial score (nSPS) is 11.7. The maximum Gasteiger partial charge on any atom is 0.160 e. The molecule has 250 valence electrons. The van der Waals surface area contributed by atoms with Gasteiger partial charge in [0, 0.05) is 38.4 Å². The molecule has 0 unspecified atom stereocenters. The topological polar surface area (TPSA) is 50.5 Å². The van der Waals surface area contributed by atoms with Gasteiger partial charge in [-0.3, -0.25) is 9.98 Å². The molecule has 0 atom stereocenters. The fraction of sp³-hybridized carbons (Fsp3) is 0.0204. The van der Waals surface area contributed by atoms with Crippen LogP contribution < -0.4 is 0 Å². The zero-order valence-electron chi connectivity index (χ0n) is 29.0. The molecule has 0 fully saturated rings. The molecule has 1 aromatic heterocycles. The van der Waals surface area contributed by atoms with Crippen molar-refractivity contribution in [1.82, 2.24) is 9.97 Å². The van der Waals surface area contributed by atoms with Gasteiger partial charge in [-0.2, -0.15) is 0 Å². The highest BCUT2D eigenvalue weighted by Crippen LogP contribution is 2.36. The Morgan fingerprint density at radius 2 is 1.11 bits per heavy atom. The van der Waals surface area contributed by atoms with Crippen LogP contribution in [-0.4, -0.2) is 22.4 Å². The molecule has 0 amide bonds. The first-order valence-electron chi connectivity index (χ1n) is 17.8. The number of aromatic nitrogens is 2. The minimum Gasteiger partial charge on any atom is -0.279 e. The summed E-state index contributed by atoms with van der Waals surface area (Å²) in [6.07, 6.45) is 0. The van der Waals surface area contributed by atoms with E-state index < -0.39 is 0 Å². The molecular weight excluding hydrogens is 645 g/mol. The average molecular weight is 679 g/mol. The van der Waals surface area contributed by atoms with Gasteiger partial charge in [0.1, 0.15) is 0 Å². The maximum absolute atomic E-state index is 5.26. The summed E-state index contributed by atoms with van der Waals surface area (Å²) >= 11 is 0. The van der Waals surface area contributed by atoms with Crippen molar-refractivity contribution in [3.05, 3.63) is 199 Å². The number of aliphatic imine (C=N–C) groups is 2. The van der Waals surface area contributed by atoms with Crippen molar-refractivity contribution in [3.8, 4) is 33.8 Å². The Kier molecular flexibility index (Phi) is 8.39. The number of fused-ring (bicyclic) bond motifs is 4. The lowest BCUT2D eigenvalue weighted by molar-refractivity contribution is 1.07. The highest BCUT2D eigenvalue weighted by Gasteiger charge is 2.17. The van der Waals surface area contributed by atoms with E-state index in [0.29, 0.717) is 12.4 Å². The first kappa shape index (κ1) is 31.9. The molecule has 4 heteroatoms. The Hall–Kier alpha value is -7.04. The Morgan fingerprint density at radius 1 is 0.491 bits per heavy atom. The van der Waals surface area contributed by atoms with Crippen molar-refractivity contribution in [2.24, 2.45) is 9.98 Å². The zero-order valence-corrected chi connectivity index (χ0v) is 29.0. The third kappa shape index (κ3) is 6.17. The van der Waals surface area contributed by atoms with E-state index in [2.05, 4.69) is 157 Å². The first-order chi connectivity index (χ1) is 26.2. The zero-order chi connectivity index (χ0) is 35.6. The Balaban J connectivity index is 1.19. The largest absolute Gasteiger partial charge is 0.279 e. The number of nitrogens with zero attached hydrogens (tertiary/aromatic N) is 4. The lowest BCUT2D eigenvalue weighted by atomic mass is 9.93. The average Bonchev–Trinajstić information content (AvgIpc) is 3.24. The minimum absolute atomic E-state index is 0.540. The summed E-state index contributed by atoms with van der Waals surface area (Å²) in [5.74, 6) is 0.707. The van der Waals surface area contributed by atoms with Gasteiger partial charge in [-0.25, -0.2) is 9.97 Å². The van der Waals surface area contributed by atoms with Crippen molar-refractivity contribution in [2.45, 2.75) is 6.54 Å². The van der Waals surface area contributed by atoms with Crippen LogP contribution >= 0.6 is 0 Å². The molecule has 9 rings (SSSR count). The lowest BCUT2D eigenvalue weighted by Crippen LogP contribution is -2.05. The van der Waals surface area contributed by atoms with Crippen molar-refractivity contribution in [1.29, 1.82) is 0 Å². The molecule has 0 radical (unpaired) electrons. The summed E-state index contributed by atoms with van der Waals surface area (Å²) in [6, 6.07) is 63.1.